The van der Waals surface area contributed by atoms with E-state index in [1.54, 1.807) is 7.11 Å². The molecular weight excluding hydrogens is 260 g/mol. The number of ether oxygens (including phenoxy) is 1. The number of amides is 1. The highest BCUT2D eigenvalue weighted by molar-refractivity contribution is 7.99. The number of methoxy groups -OCH3 is 1. The number of carbonyl (C=O) groups is 1. The molecule has 0 aliphatic heterocycles. The van der Waals surface area contributed by atoms with Gasteiger partial charge in [-0.25, -0.2) is 5.84 Å². The zero-order chi connectivity index (χ0) is 12.7. The van der Waals surface area contributed by atoms with E-state index in [9.17, 15) is 4.79 Å². The minimum Gasteiger partial charge on any atom is -0.383 e. The maximum atomic E-state index is 11.4. The third-order valence-electron chi connectivity index (χ3n) is 2.12. The molecule has 17 heavy (non-hydrogen) atoms. The Hall–Kier alpha value is -0.750. The number of thioether (sulfide) groups is 1. The molecule has 0 spiro atoms. The number of halogens is 1. The summed E-state index contributed by atoms with van der Waals surface area (Å²) in [4.78, 5) is 11.4. The van der Waals surface area contributed by atoms with E-state index in [0.717, 1.165) is 5.56 Å². The second-order valence-corrected chi connectivity index (χ2v) is 5.02. The number of nitrogens with one attached hydrogen (secondary N) is 1. The van der Waals surface area contributed by atoms with Crippen molar-refractivity contribution in [3.05, 3.63) is 34.9 Å². The van der Waals surface area contributed by atoms with Crippen molar-refractivity contribution in [1.29, 1.82) is 0 Å². The fourth-order valence-electron chi connectivity index (χ4n) is 1.22. The molecular formula is C11H15ClN2O2S. The molecule has 0 aliphatic carbocycles. The average molecular weight is 275 g/mol. The van der Waals surface area contributed by atoms with Gasteiger partial charge < -0.3 is 4.74 Å². The molecule has 3 N–H and O–H groups in total. The van der Waals surface area contributed by atoms with Crippen molar-refractivity contribution in [2.24, 2.45) is 5.84 Å². The molecule has 0 bridgehead atoms. The first-order valence-corrected chi connectivity index (χ1v) is 6.45. The molecule has 1 aromatic carbocycles. The molecule has 1 atom stereocenters. The summed E-state index contributed by atoms with van der Waals surface area (Å²) < 4.78 is 4.98. The van der Waals surface area contributed by atoms with Crippen LogP contribution in [0.25, 0.3) is 0 Å². The molecule has 0 radical (unpaired) electrons. The predicted molar refractivity (Wildman–Crippen MR) is 70.7 cm³/mol. The molecule has 1 unspecified atom stereocenters. The van der Waals surface area contributed by atoms with E-state index in [0.29, 0.717) is 17.4 Å². The van der Waals surface area contributed by atoms with Gasteiger partial charge in [0, 0.05) is 17.9 Å². The lowest BCUT2D eigenvalue weighted by Gasteiger charge is -2.13. The predicted octanol–water partition coefficient (Wildman–Crippen LogP) is 1.58. The topological polar surface area (TPSA) is 64.3 Å². The molecule has 1 aromatic rings. The third kappa shape index (κ3) is 4.95. The molecule has 0 fully saturated rings. The summed E-state index contributed by atoms with van der Waals surface area (Å²) in [6.45, 7) is 0.335. The van der Waals surface area contributed by atoms with Gasteiger partial charge in [0.15, 0.2) is 0 Å². The molecule has 1 rings (SSSR count). The second kappa shape index (κ2) is 7.55. The van der Waals surface area contributed by atoms with Crippen LogP contribution in [-0.4, -0.2) is 24.9 Å². The van der Waals surface area contributed by atoms with E-state index in [4.69, 9.17) is 22.2 Å². The van der Waals surface area contributed by atoms with Crippen LogP contribution in [0.3, 0.4) is 0 Å². The van der Waals surface area contributed by atoms with Crippen molar-refractivity contribution in [3.63, 3.8) is 0 Å². The molecule has 0 aliphatic rings. The summed E-state index contributed by atoms with van der Waals surface area (Å²) in [5.41, 5.74) is 3.24. The molecule has 1 amide bonds. The number of carbonyl (C=O) groups excluding carboxylic acids is 1. The van der Waals surface area contributed by atoms with Gasteiger partial charge in [-0.1, -0.05) is 23.7 Å². The van der Waals surface area contributed by atoms with Crippen LogP contribution in [0.5, 0.6) is 0 Å². The fraction of sp³-hybridized carbons (Fsp3) is 0.364. The molecule has 0 heterocycles. The monoisotopic (exact) mass is 274 g/mol. The van der Waals surface area contributed by atoms with Crippen LogP contribution in [0, 0.1) is 0 Å². The van der Waals surface area contributed by atoms with Gasteiger partial charge in [0.25, 0.3) is 0 Å². The molecule has 4 nitrogen and oxygen atoms in total. The van der Waals surface area contributed by atoms with Crippen LogP contribution in [0.4, 0.5) is 0 Å². The maximum absolute atomic E-state index is 11.4. The first kappa shape index (κ1) is 14.3. The van der Waals surface area contributed by atoms with E-state index in [-0.39, 0.29) is 11.2 Å². The first-order valence-electron chi connectivity index (χ1n) is 5.02. The van der Waals surface area contributed by atoms with Crippen molar-refractivity contribution in [2.75, 3.05) is 13.7 Å². The standard InChI is InChI=1S/C11H15ClN2O2S/c1-16-6-10(11(15)14-13)17-7-8-2-4-9(12)5-3-8/h2-5,10H,6-7,13H2,1H3,(H,14,15). The smallest absolute Gasteiger partial charge is 0.249 e. The Kier molecular flexibility index (Phi) is 6.36. The molecule has 0 saturated heterocycles. The molecule has 6 heteroatoms. The van der Waals surface area contributed by atoms with E-state index in [1.165, 1.54) is 11.8 Å². The number of rotatable bonds is 6. The summed E-state index contributed by atoms with van der Waals surface area (Å²) in [5, 5.41) is 0.396. The normalized spacial score (nSPS) is 12.2. The molecule has 94 valence electrons. The van der Waals surface area contributed by atoms with E-state index >= 15 is 0 Å². The van der Waals surface area contributed by atoms with E-state index in [1.807, 2.05) is 24.3 Å². The Bertz CT molecular complexity index is 359. The van der Waals surface area contributed by atoms with Crippen LogP contribution in [0.2, 0.25) is 5.02 Å². The Morgan fingerprint density at radius 2 is 2.18 bits per heavy atom. The maximum Gasteiger partial charge on any atom is 0.249 e. The Morgan fingerprint density at radius 3 is 2.71 bits per heavy atom. The Balaban J connectivity index is 2.51. The summed E-state index contributed by atoms with van der Waals surface area (Å²) >= 11 is 7.27. The van der Waals surface area contributed by atoms with Crippen molar-refractivity contribution in [3.8, 4) is 0 Å². The zero-order valence-corrected chi connectivity index (χ0v) is 11.1. The largest absolute Gasteiger partial charge is 0.383 e. The fourth-order valence-corrected chi connectivity index (χ4v) is 2.39. The Labute approximate surface area is 110 Å². The summed E-state index contributed by atoms with van der Waals surface area (Å²) in [6.07, 6.45) is 0. The van der Waals surface area contributed by atoms with Gasteiger partial charge in [-0.05, 0) is 17.7 Å². The van der Waals surface area contributed by atoms with Crippen molar-refractivity contribution < 1.29 is 9.53 Å². The van der Waals surface area contributed by atoms with E-state index in [2.05, 4.69) is 5.43 Å². The third-order valence-corrected chi connectivity index (χ3v) is 3.62. The van der Waals surface area contributed by atoms with Crippen LogP contribution in [0.15, 0.2) is 24.3 Å². The number of hydrogen-bond acceptors (Lipinski definition) is 4. The minimum absolute atomic E-state index is 0.231. The van der Waals surface area contributed by atoms with Crippen LogP contribution in [-0.2, 0) is 15.3 Å². The number of hydrogen-bond donors (Lipinski definition) is 2. The highest BCUT2D eigenvalue weighted by Gasteiger charge is 2.17. The minimum atomic E-state index is -0.305. The highest BCUT2D eigenvalue weighted by atomic mass is 35.5. The lowest BCUT2D eigenvalue weighted by molar-refractivity contribution is -0.121. The van der Waals surface area contributed by atoms with Crippen LogP contribution in [0.1, 0.15) is 5.56 Å². The zero-order valence-electron chi connectivity index (χ0n) is 9.48. The second-order valence-electron chi connectivity index (χ2n) is 3.39. The summed E-state index contributed by atoms with van der Waals surface area (Å²) in [6, 6.07) is 7.51. The molecule has 0 saturated carbocycles. The van der Waals surface area contributed by atoms with Crippen LogP contribution >= 0.6 is 23.4 Å². The lowest BCUT2D eigenvalue weighted by Crippen LogP contribution is -2.39. The highest BCUT2D eigenvalue weighted by Crippen LogP contribution is 2.19. The van der Waals surface area contributed by atoms with Gasteiger partial charge in [0.2, 0.25) is 5.91 Å². The summed E-state index contributed by atoms with van der Waals surface area (Å²) in [7, 11) is 1.56. The Morgan fingerprint density at radius 1 is 1.53 bits per heavy atom. The lowest BCUT2D eigenvalue weighted by atomic mass is 10.2. The van der Waals surface area contributed by atoms with Gasteiger partial charge in [0.1, 0.15) is 5.25 Å². The number of benzene rings is 1. The van der Waals surface area contributed by atoms with E-state index < -0.39 is 0 Å². The summed E-state index contributed by atoms with van der Waals surface area (Å²) in [5.74, 6) is 5.58. The number of nitrogens with two attached hydrogens (primary N) is 1. The van der Waals surface area contributed by atoms with Gasteiger partial charge in [0.05, 0.1) is 6.61 Å². The van der Waals surface area contributed by atoms with Gasteiger partial charge in [-0.3, -0.25) is 10.2 Å². The van der Waals surface area contributed by atoms with Crippen LogP contribution < -0.4 is 11.3 Å². The number of hydrazine groups is 1. The molecule has 0 aromatic heterocycles. The SMILES string of the molecule is COCC(SCc1ccc(Cl)cc1)C(=O)NN. The van der Waals surface area contributed by atoms with Crippen molar-refractivity contribution in [1.82, 2.24) is 5.43 Å². The average Bonchev–Trinajstić information content (AvgIpc) is 2.35. The van der Waals surface area contributed by atoms with Crippen molar-refractivity contribution >= 4 is 29.3 Å². The van der Waals surface area contributed by atoms with Gasteiger partial charge in [-0.2, -0.15) is 0 Å². The van der Waals surface area contributed by atoms with Gasteiger partial charge in [-0.15, -0.1) is 11.8 Å². The van der Waals surface area contributed by atoms with Crippen molar-refractivity contribution in [2.45, 2.75) is 11.0 Å². The quantitative estimate of drug-likeness (QED) is 0.470. The van der Waals surface area contributed by atoms with Gasteiger partial charge >= 0.3 is 0 Å². The first-order chi connectivity index (χ1) is 8.17.